The number of hydrogen-bond donors (Lipinski definition) is 1. The van der Waals surface area contributed by atoms with E-state index in [1.165, 1.54) is 0 Å². The Balaban J connectivity index is 1.71. The van der Waals surface area contributed by atoms with Crippen molar-refractivity contribution < 1.29 is 9.53 Å². The summed E-state index contributed by atoms with van der Waals surface area (Å²) in [5.41, 5.74) is 3.13. The number of carbonyl (C=O) groups is 1. The molecule has 4 nitrogen and oxygen atoms in total. The number of benzene rings is 1. The summed E-state index contributed by atoms with van der Waals surface area (Å²) in [6, 6.07) is 8.06. The lowest BCUT2D eigenvalue weighted by atomic mass is 10.1. The first-order valence-corrected chi connectivity index (χ1v) is 9.69. The van der Waals surface area contributed by atoms with Gasteiger partial charge in [-0.15, -0.1) is 11.8 Å². The number of thiophene rings is 1. The summed E-state index contributed by atoms with van der Waals surface area (Å²) in [5, 5.41) is 7.20. The molecule has 0 bridgehead atoms. The maximum Gasteiger partial charge on any atom is 0.322 e. The van der Waals surface area contributed by atoms with E-state index in [9.17, 15) is 4.79 Å². The Morgan fingerprint density at radius 1 is 1.43 bits per heavy atom. The van der Waals surface area contributed by atoms with Crippen LogP contribution in [0.5, 0.6) is 0 Å². The molecule has 1 aliphatic rings. The highest BCUT2D eigenvalue weighted by Crippen LogP contribution is 2.29. The van der Waals surface area contributed by atoms with Crippen LogP contribution in [0.15, 0.2) is 39.9 Å². The number of amides is 2. The highest BCUT2D eigenvalue weighted by molar-refractivity contribution is 7.98. The minimum absolute atomic E-state index is 0.0300. The maximum absolute atomic E-state index is 12.7. The van der Waals surface area contributed by atoms with Crippen LogP contribution in [0.25, 0.3) is 0 Å². The number of nitrogens with one attached hydrogen (secondary N) is 1. The average molecular weight is 348 g/mol. The number of nitrogens with zero attached hydrogens (tertiary/aromatic N) is 1. The van der Waals surface area contributed by atoms with Crippen molar-refractivity contribution in [3.05, 3.63) is 46.2 Å². The van der Waals surface area contributed by atoms with E-state index in [4.69, 9.17) is 4.74 Å². The molecule has 23 heavy (non-hydrogen) atoms. The van der Waals surface area contributed by atoms with E-state index in [1.54, 1.807) is 23.1 Å². The lowest BCUT2D eigenvalue weighted by Crippen LogP contribution is -2.44. The van der Waals surface area contributed by atoms with Gasteiger partial charge >= 0.3 is 6.03 Å². The van der Waals surface area contributed by atoms with Crippen molar-refractivity contribution in [2.45, 2.75) is 17.9 Å². The number of hydrogen-bond acceptors (Lipinski definition) is 4. The minimum Gasteiger partial charge on any atom is -0.370 e. The second kappa shape index (κ2) is 7.38. The number of morpholine rings is 1. The Labute approximate surface area is 144 Å². The zero-order valence-corrected chi connectivity index (χ0v) is 14.9. The topological polar surface area (TPSA) is 41.6 Å². The van der Waals surface area contributed by atoms with E-state index < -0.39 is 0 Å². The Bertz CT molecular complexity index is 673. The van der Waals surface area contributed by atoms with E-state index in [0.717, 1.165) is 21.7 Å². The SMILES string of the molecule is CSc1cccc(C)c1NC(=O)N1CCOC(c2ccsc2)C1. The largest absolute Gasteiger partial charge is 0.370 e. The maximum atomic E-state index is 12.7. The summed E-state index contributed by atoms with van der Waals surface area (Å²) in [4.78, 5) is 15.6. The van der Waals surface area contributed by atoms with Crippen LogP contribution in [0, 0.1) is 6.92 Å². The highest BCUT2D eigenvalue weighted by Gasteiger charge is 2.26. The van der Waals surface area contributed by atoms with Crippen molar-refractivity contribution in [3.8, 4) is 0 Å². The third kappa shape index (κ3) is 3.71. The molecular formula is C17H20N2O2S2. The number of carbonyl (C=O) groups excluding carboxylic acids is 1. The van der Waals surface area contributed by atoms with Gasteiger partial charge in [0.1, 0.15) is 6.10 Å². The van der Waals surface area contributed by atoms with Gasteiger partial charge in [-0.2, -0.15) is 11.3 Å². The second-order valence-electron chi connectivity index (χ2n) is 5.44. The molecule has 1 saturated heterocycles. The van der Waals surface area contributed by atoms with Gasteiger partial charge in [0.05, 0.1) is 18.8 Å². The molecule has 3 rings (SSSR count). The fourth-order valence-electron chi connectivity index (χ4n) is 2.65. The van der Waals surface area contributed by atoms with Crippen LogP contribution in [0.1, 0.15) is 17.2 Å². The summed E-state index contributed by atoms with van der Waals surface area (Å²) >= 11 is 3.29. The predicted molar refractivity (Wildman–Crippen MR) is 96.6 cm³/mol. The number of anilines is 1. The number of aryl methyl sites for hydroxylation is 1. The first-order chi connectivity index (χ1) is 11.2. The normalized spacial score (nSPS) is 18.0. The predicted octanol–water partition coefficient (Wildman–Crippen LogP) is 4.38. The van der Waals surface area contributed by atoms with E-state index in [0.29, 0.717) is 19.7 Å². The summed E-state index contributed by atoms with van der Waals surface area (Å²) < 4.78 is 5.80. The van der Waals surface area contributed by atoms with Crippen molar-refractivity contribution >= 4 is 34.8 Å². The number of urea groups is 1. The molecule has 0 aliphatic carbocycles. The highest BCUT2D eigenvalue weighted by atomic mass is 32.2. The van der Waals surface area contributed by atoms with Crippen LogP contribution in [-0.4, -0.2) is 36.9 Å². The smallest absolute Gasteiger partial charge is 0.322 e. The summed E-state index contributed by atoms with van der Waals surface area (Å²) in [6.45, 7) is 3.79. The van der Waals surface area contributed by atoms with E-state index in [2.05, 4.69) is 16.8 Å². The van der Waals surface area contributed by atoms with Crippen LogP contribution in [0.4, 0.5) is 10.5 Å². The molecule has 0 saturated carbocycles. The first kappa shape index (κ1) is 16.4. The van der Waals surface area contributed by atoms with Crippen LogP contribution in [-0.2, 0) is 4.74 Å². The fourth-order valence-corrected chi connectivity index (χ4v) is 3.98. The van der Waals surface area contributed by atoms with Crippen LogP contribution < -0.4 is 5.32 Å². The zero-order chi connectivity index (χ0) is 16.2. The molecular weight excluding hydrogens is 328 g/mol. The molecule has 1 unspecified atom stereocenters. The lowest BCUT2D eigenvalue weighted by Gasteiger charge is -2.33. The van der Waals surface area contributed by atoms with Crippen molar-refractivity contribution in [1.82, 2.24) is 4.90 Å². The quantitative estimate of drug-likeness (QED) is 0.837. The molecule has 1 atom stereocenters. The van der Waals surface area contributed by atoms with Gasteiger partial charge in [-0.05, 0) is 47.2 Å². The summed E-state index contributed by atoms with van der Waals surface area (Å²) in [7, 11) is 0. The van der Waals surface area contributed by atoms with Gasteiger partial charge in [-0.3, -0.25) is 0 Å². The molecule has 1 aromatic heterocycles. The third-order valence-electron chi connectivity index (χ3n) is 3.96. The molecule has 0 spiro atoms. The zero-order valence-electron chi connectivity index (χ0n) is 13.2. The Hall–Kier alpha value is -1.50. The molecule has 1 aliphatic heterocycles. The van der Waals surface area contributed by atoms with Crippen LogP contribution in [0.2, 0.25) is 0 Å². The van der Waals surface area contributed by atoms with E-state index in [-0.39, 0.29) is 12.1 Å². The Kier molecular flexibility index (Phi) is 5.25. The second-order valence-corrected chi connectivity index (χ2v) is 7.07. The molecule has 1 N–H and O–H groups in total. The fraction of sp³-hybridized carbons (Fsp3) is 0.353. The van der Waals surface area contributed by atoms with Gasteiger partial charge in [0.15, 0.2) is 0 Å². The molecule has 2 heterocycles. The van der Waals surface area contributed by atoms with Gasteiger partial charge in [0.25, 0.3) is 0 Å². The standard InChI is InChI=1S/C17H20N2O2S2/c1-12-4-3-5-15(22-2)16(12)18-17(20)19-7-8-21-14(10-19)13-6-9-23-11-13/h3-6,9,11,14H,7-8,10H2,1-2H3,(H,18,20). The van der Waals surface area contributed by atoms with Gasteiger partial charge in [0, 0.05) is 11.4 Å². The molecule has 1 fully saturated rings. The molecule has 2 aromatic rings. The molecule has 122 valence electrons. The van der Waals surface area contributed by atoms with Crippen molar-refractivity contribution in [2.24, 2.45) is 0 Å². The molecule has 2 amide bonds. The van der Waals surface area contributed by atoms with Crippen molar-refractivity contribution in [3.63, 3.8) is 0 Å². The van der Waals surface area contributed by atoms with Crippen molar-refractivity contribution in [1.29, 1.82) is 0 Å². The minimum atomic E-state index is -0.0573. The Morgan fingerprint density at radius 2 is 2.30 bits per heavy atom. The van der Waals surface area contributed by atoms with Gasteiger partial charge in [-0.25, -0.2) is 4.79 Å². The first-order valence-electron chi connectivity index (χ1n) is 7.52. The number of para-hydroxylation sites is 1. The third-order valence-corrected chi connectivity index (χ3v) is 5.44. The van der Waals surface area contributed by atoms with E-state index >= 15 is 0 Å². The molecule has 0 radical (unpaired) electrons. The van der Waals surface area contributed by atoms with Crippen LogP contribution >= 0.6 is 23.1 Å². The molecule has 6 heteroatoms. The van der Waals surface area contributed by atoms with Gasteiger partial charge in [-0.1, -0.05) is 12.1 Å². The monoisotopic (exact) mass is 348 g/mol. The number of rotatable bonds is 3. The van der Waals surface area contributed by atoms with E-state index in [1.807, 2.05) is 41.7 Å². The number of thioether (sulfide) groups is 1. The lowest BCUT2D eigenvalue weighted by molar-refractivity contribution is -0.0132. The molecule has 1 aromatic carbocycles. The van der Waals surface area contributed by atoms with Crippen LogP contribution in [0.3, 0.4) is 0 Å². The van der Waals surface area contributed by atoms with Gasteiger partial charge < -0.3 is 15.0 Å². The summed E-state index contributed by atoms with van der Waals surface area (Å²) in [5.74, 6) is 0. The Morgan fingerprint density at radius 3 is 3.04 bits per heavy atom. The average Bonchev–Trinajstić information content (AvgIpc) is 3.11. The van der Waals surface area contributed by atoms with Gasteiger partial charge in [0.2, 0.25) is 0 Å². The number of ether oxygens (including phenoxy) is 1. The van der Waals surface area contributed by atoms with Crippen molar-refractivity contribution in [2.75, 3.05) is 31.3 Å². The summed E-state index contributed by atoms with van der Waals surface area (Å²) in [6.07, 6.45) is 1.99.